The Morgan fingerprint density at radius 2 is 1.24 bits per heavy atom. The molecule has 4 aliphatic rings. The lowest BCUT2D eigenvalue weighted by Gasteiger charge is -2.19. The molecule has 7 heteroatoms. The van der Waals surface area contributed by atoms with E-state index in [2.05, 4.69) is 0 Å². The number of hydrogen-bond acceptors (Lipinski definition) is 7. The topological polar surface area (TPSA) is 79.1 Å². The van der Waals surface area contributed by atoms with Gasteiger partial charge in [-0.2, -0.15) is 0 Å². The van der Waals surface area contributed by atoms with Crippen LogP contribution in [-0.2, 0) is 14.2 Å². The number of epoxide rings is 2. The molecule has 2 aromatic carbocycles. The van der Waals surface area contributed by atoms with E-state index in [1.807, 2.05) is 24.3 Å². The van der Waals surface area contributed by atoms with Crippen molar-refractivity contribution in [3.63, 3.8) is 0 Å². The molecule has 2 aliphatic carbocycles. The summed E-state index contributed by atoms with van der Waals surface area (Å²) < 4.78 is 34.3. The van der Waals surface area contributed by atoms with Crippen LogP contribution < -0.4 is 14.2 Å². The van der Waals surface area contributed by atoms with Gasteiger partial charge in [0.1, 0.15) is 17.2 Å². The molecule has 0 spiro atoms. The van der Waals surface area contributed by atoms with Gasteiger partial charge in [-0.1, -0.05) is 0 Å². The number of fused-ring (bicyclic) bond motifs is 2. The quantitative estimate of drug-likeness (QED) is 0.147. The Balaban J connectivity index is 0.844. The summed E-state index contributed by atoms with van der Waals surface area (Å²) in [4.78, 5) is 12.5. The lowest BCUT2D eigenvalue weighted by Crippen LogP contribution is -2.19. The Kier molecular flexibility index (Phi) is 8.14. The van der Waals surface area contributed by atoms with Crippen molar-refractivity contribution in [1.29, 1.82) is 0 Å². The van der Waals surface area contributed by atoms with Crippen molar-refractivity contribution in [2.24, 2.45) is 11.8 Å². The summed E-state index contributed by atoms with van der Waals surface area (Å²) in [6, 6.07) is 14.3. The second kappa shape index (κ2) is 12.1. The molecule has 2 saturated heterocycles. The maximum atomic E-state index is 12.5. The SMILES string of the molecule is O=C(Oc1ccc(OCCCCOCC2CCC3OC3C2)cc1)c1ccc(OCC2CCC3OC3C2)cc1. The van der Waals surface area contributed by atoms with Gasteiger partial charge in [0, 0.05) is 13.2 Å². The molecule has 0 amide bonds. The summed E-state index contributed by atoms with van der Waals surface area (Å²) >= 11 is 0. The van der Waals surface area contributed by atoms with Crippen LogP contribution in [0.4, 0.5) is 0 Å². The highest BCUT2D eigenvalue weighted by Gasteiger charge is 2.44. The van der Waals surface area contributed by atoms with Crippen LogP contribution in [0.1, 0.15) is 61.7 Å². The molecule has 7 nitrogen and oxygen atoms in total. The third-order valence-electron chi connectivity index (χ3n) is 8.14. The molecular weight excluding hydrogens is 484 g/mol. The lowest BCUT2D eigenvalue weighted by molar-refractivity contribution is 0.0734. The largest absolute Gasteiger partial charge is 0.494 e. The fourth-order valence-corrected chi connectivity index (χ4v) is 5.69. The van der Waals surface area contributed by atoms with Crippen LogP contribution >= 0.6 is 0 Å². The molecule has 4 fully saturated rings. The van der Waals surface area contributed by atoms with Gasteiger partial charge in [0.05, 0.1) is 43.2 Å². The number of unbranched alkanes of at least 4 members (excludes halogenated alkanes) is 1. The van der Waals surface area contributed by atoms with Crippen molar-refractivity contribution in [2.75, 3.05) is 26.4 Å². The summed E-state index contributed by atoms with van der Waals surface area (Å²) in [5.74, 6) is 2.82. The van der Waals surface area contributed by atoms with E-state index in [1.54, 1.807) is 24.3 Å². The number of benzene rings is 2. The monoisotopic (exact) mass is 522 g/mol. The zero-order valence-electron chi connectivity index (χ0n) is 21.9. The first-order chi connectivity index (χ1) is 18.7. The van der Waals surface area contributed by atoms with Gasteiger partial charge in [-0.15, -0.1) is 0 Å². The molecular formula is C31H38O7. The van der Waals surface area contributed by atoms with Gasteiger partial charge >= 0.3 is 5.97 Å². The molecule has 6 atom stereocenters. The van der Waals surface area contributed by atoms with Crippen molar-refractivity contribution < 1.29 is 33.2 Å². The molecule has 0 aromatic heterocycles. The van der Waals surface area contributed by atoms with Gasteiger partial charge in [-0.05, 0) is 112 Å². The first-order valence-corrected chi connectivity index (χ1v) is 14.3. The first-order valence-electron chi connectivity index (χ1n) is 14.3. The van der Waals surface area contributed by atoms with E-state index in [0.29, 0.717) is 60.8 Å². The van der Waals surface area contributed by atoms with Crippen LogP contribution in [-0.4, -0.2) is 56.8 Å². The Morgan fingerprint density at radius 1 is 0.658 bits per heavy atom. The van der Waals surface area contributed by atoms with Gasteiger partial charge in [-0.25, -0.2) is 4.79 Å². The highest BCUT2D eigenvalue weighted by molar-refractivity contribution is 5.91. The number of ether oxygens (including phenoxy) is 6. The van der Waals surface area contributed by atoms with Crippen molar-refractivity contribution in [3.05, 3.63) is 54.1 Å². The molecule has 2 heterocycles. The van der Waals surface area contributed by atoms with E-state index >= 15 is 0 Å². The smallest absolute Gasteiger partial charge is 0.343 e. The predicted octanol–water partition coefficient (Wildman–Crippen LogP) is 5.60. The van der Waals surface area contributed by atoms with E-state index in [0.717, 1.165) is 63.2 Å². The Morgan fingerprint density at radius 3 is 1.92 bits per heavy atom. The van der Waals surface area contributed by atoms with Gasteiger partial charge in [0.15, 0.2) is 0 Å². The number of carbonyl (C=O) groups excluding carboxylic acids is 1. The van der Waals surface area contributed by atoms with Crippen molar-refractivity contribution in [3.8, 4) is 17.2 Å². The third kappa shape index (κ3) is 7.07. The molecule has 0 bridgehead atoms. The maximum absolute atomic E-state index is 12.5. The van der Waals surface area contributed by atoms with Crippen LogP contribution in [0.25, 0.3) is 0 Å². The summed E-state index contributed by atoms with van der Waals surface area (Å²) in [5.41, 5.74) is 0.486. The summed E-state index contributed by atoms with van der Waals surface area (Å²) in [7, 11) is 0. The van der Waals surface area contributed by atoms with Crippen LogP contribution in [0.3, 0.4) is 0 Å². The van der Waals surface area contributed by atoms with E-state index in [4.69, 9.17) is 28.4 Å². The van der Waals surface area contributed by atoms with Gasteiger partial charge in [-0.3, -0.25) is 0 Å². The van der Waals surface area contributed by atoms with Crippen LogP contribution in [0.15, 0.2) is 48.5 Å². The average molecular weight is 523 g/mol. The molecule has 38 heavy (non-hydrogen) atoms. The minimum absolute atomic E-state index is 0.396. The minimum atomic E-state index is -0.396. The van der Waals surface area contributed by atoms with Crippen LogP contribution in [0, 0.1) is 11.8 Å². The summed E-state index contributed by atoms with van der Waals surface area (Å²) in [6.45, 7) is 2.94. The molecule has 2 aliphatic heterocycles. The molecule has 6 unspecified atom stereocenters. The van der Waals surface area contributed by atoms with Crippen molar-refractivity contribution in [2.45, 2.75) is 75.8 Å². The molecule has 204 valence electrons. The second-order valence-electron chi connectivity index (χ2n) is 11.1. The maximum Gasteiger partial charge on any atom is 0.343 e. The summed E-state index contributed by atoms with van der Waals surface area (Å²) in [6.07, 6.45) is 10.9. The first kappa shape index (κ1) is 25.7. The van der Waals surface area contributed by atoms with Crippen LogP contribution in [0.5, 0.6) is 17.2 Å². The lowest BCUT2D eigenvalue weighted by atomic mass is 9.90. The predicted molar refractivity (Wildman–Crippen MR) is 141 cm³/mol. The van der Waals surface area contributed by atoms with Gasteiger partial charge in [0.25, 0.3) is 0 Å². The van der Waals surface area contributed by atoms with Crippen molar-refractivity contribution in [1.82, 2.24) is 0 Å². The standard InChI is InChI=1S/C31H38O7/c32-31(23-5-7-25(8-6-23)35-20-22-4-14-28-30(18-22)38-28)36-26-11-9-24(10-12-26)34-16-2-1-15-33-19-21-3-13-27-29(17-21)37-27/h5-12,21-22,27-30H,1-4,13-20H2. The van der Waals surface area contributed by atoms with Gasteiger partial charge < -0.3 is 28.4 Å². The van der Waals surface area contributed by atoms with Gasteiger partial charge in [0.2, 0.25) is 0 Å². The van der Waals surface area contributed by atoms with Crippen LogP contribution in [0.2, 0.25) is 0 Å². The number of hydrogen-bond donors (Lipinski definition) is 0. The zero-order chi connectivity index (χ0) is 25.7. The number of rotatable bonds is 13. The fraction of sp³-hybridized carbons (Fsp3) is 0.581. The average Bonchev–Trinajstić information content (AvgIpc) is 3.87. The highest BCUT2D eigenvalue weighted by Crippen LogP contribution is 2.40. The Hall–Kier alpha value is -2.61. The third-order valence-corrected chi connectivity index (χ3v) is 8.14. The Labute approximate surface area is 224 Å². The van der Waals surface area contributed by atoms with E-state index < -0.39 is 5.97 Å². The van der Waals surface area contributed by atoms with Crippen molar-refractivity contribution >= 4 is 5.97 Å². The number of carbonyl (C=O) groups is 1. The van der Waals surface area contributed by atoms with E-state index in [-0.39, 0.29) is 0 Å². The molecule has 0 radical (unpaired) electrons. The minimum Gasteiger partial charge on any atom is -0.494 e. The zero-order valence-corrected chi connectivity index (χ0v) is 21.9. The second-order valence-corrected chi connectivity index (χ2v) is 11.1. The fourth-order valence-electron chi connectivity index (χ4n) is 5.69. The van der Waals surface area contributed by atoms with E-state index in [1.165, 1.54) is 12.8 Å². The molecule has 2 saturated carbocycles. The van der Waals surface area contributed by atoms with E-state index in [9.17, 15) is 4.79 Å². The molecule has 2 aromatic rings. The highest BCUT2D eigenvalue weighted by atomic mass is 16.6. The number of esters is 1. The summed E-state index contributed by atoms with van der Waals surface area (Å²) in [5, 5.41) is 0. The molecule has 6 rings (SSSR count). The molecule has 0 N–H and O–H groups in total. The Bertz CT molecular complexity index is 1050. The normalized spacial score (nSPS) is 29.1.